The summed E-state index contributed by atoms with van der Waals surface area (Å²) < 4.78 is 0. The first-order valence-corrected chi connectivity index (χ1v) is 6.05. The molecule has 1 heterocycles. The van der Waals surface area contributed by atoms with Gasteiger partial charge in [0, 0.05) is 6.04 Å². The fourth-order valence-corrected chi connectivity index (χ4v) is 2.09. The number of aromatic nitrogens is 2. The van der Waals surface area contributed by atoms with Crippen molar-refractivity contribution in [3.63, 3.8) is 0 Å². The average molecular weight is 232 g/mol. The molecular formula is C13H20N4. The second-order valence-electron chi connectivity index (χ2n) is 4.60. The minimum absolute atomic E-state index is 0.348. The molecule has 4 heteroatoms. The van der Waals surface area contributed by atoms with Gasteiger partial charge in [0.2, 0.25) is 0 Å². The highest BCUT2D eigenvalue weighted by atomic mass is 14.9. The van der Waals surface area contributed by atoms with E-state index in [2.05, 4.69) is 40.4 Å². The molecular weight excluding hydrogens is 212 g/mol. The SMILES string of the molecule is CNC(CC(C)CN)c1ccc2nc[nH]c2c1. The van der Waals surface area contributed by atoms with Gasteiger partial charge in [0.15, 0.2) is 0 Å². The van der Waals surface area contributed by atoms with Crippen LogP contribution in [0.25, 0.3) is 11.0 Å². The molecule has 17 heavy (non-hydrogen) atoms. The van der Waals surface area contributed by atoms with Gasteiger partial charge in [-0.15, -0.1) is 0 Å². The zero-order valence-electron chi connectivity index (χ0n) is 10.4. The van der Waals surface area contributed by atoms with Crippen molar-refractivity contribution < 1.29 is 0 Å². The van der Waals surface area contributed by atoms with E-state index in [0.717, 1.165) is 24.0 Å². The van der Waals surface area contributed by atoms with E-state index in [9.17, 15) is 0 Å². The Bertz CT molecular complexity index is 477. The van der Waals surface area contributed by atoms with Crippen LogP contribution in [-0.2, 0) is 0 Å². The van der Waals surface area contributed by atoms with E-state index in [1.165, 1.54) is 5.56 Å². The summed E-state index contributed by atoms with van der Waals surface area (Å²) in [6, 6.07) is 6.69. The molecule has 0 aliphatic carbocycles. The molecule has 0 aliphatic rings. The molecule has 0 spiro atoms. The number of nitrogens with two attached hydrogens (primary N) is 1. The van der Waals surface area contributed by atoms with Crippen LogP contribution in [0.3, 0.4) is 0 Å². The van der Waals surface area contributed by atoms with Crippen molar-refractivity contribution >= 4 is 11.0 Å². The number of benzene rings is 1. The quantitative estimate of drug-likeness (QED) is 0.736. The Hall–Kier alpha value is -1.39. The van der Waals surface area contributed by atoms with Crippen LogP contribution in [0.4, 0.5) is 0 Å². The fraction of sp³-hybridized carbons (Fsp3) is 0.462. The number of aromatic amines is 1. The summed E-state index contributed by atoms with van der Waals surface area (Å²) in [4.78, 5) is 7.37. The first-order valence-electron chi connectivity index (χ1n) is 6.05. The topological polar surface area (TPSA) is 66.7 Å². The number of imidazole rings is 1. The highest BCUT2D eigenvalue weighted by Crippen LogP contribution is 2.23. The summed E-state index contributed by atoms with van der Waals surface area (Å²) in [5.41, 5.74) is 9.06. The monoisotopic (exact) mass is 232 g/mol. The molecule has 0 fully saturated rings. The minimum atomic E-state index is 0.348. The Morgan fingerprint density at radius 3 is 3.00 bits per heavy atom. The molecule has 0 radical (unpaired) electrons. The molecule has 0 saturated carbocycles. The maximum Gasteiger partial charge on any atom is 0.0931 e. The lowest BCUT2D eigenvalue weighted by molar-refractivity contribution is 0.438. The first-order chi connectivity index (χ1) is 8.24. The standard InChI is InChI=1S/C13H20N4/c1-9(7-14)5-12(15-2)10-3-4-11-13(6-10)17-8-16-11/h3-4,6,8-9,12,15H,5,7,14H2,1-2H3,(H,16,17). The number of nitrogens with zero attached hydrogens (tertiary/aromatic N) is 1. The molecule has 2 aromatic rings. The van der Waals surface area contributed by atoms with Gasteiger partial charge in [-0.25, -0.2) is 4.98 Å². The summed E-state index contributed by atoms with van der Waals surface area (Å²) in [6.45, 7) is 2.91. The van der Waals surface area contributed by atoms with E-state index in [1.54, 1.807) is 6.33 Å². The second-order valence-corrected chi connectivity index (χ2v) is 4.60. The van der Waals surface area contributed by atoms with Gasteiger partial charge in [0.05, 0.1) is 17.4 Å². The van der Waals surface area contributed by atoms with E-state index < -0.39 is 0 Å². The minimum Gasteiger partial charge on any atom is -0.345 e. The molecule has 0 amide bonds. The number of rotatable bonds is 5. The maximum atomic E-state index is 5.68. The van der Waals surface area contributed by atoms with Crippen molar-refractivity contribution in [3.05, 3.63) is 30.1 Å². The summed E-state index contributed by atoms with van der Waals surface area (Å²) in [6.07, 6.45) is 2.78. The van der Waals surface area contributed by atoms with E-state index in [0.29, 0.717) is 12.0 Å². The number of hydrogen-bond donors (Lipinski definition) is 3. The average Bonchev–Trinajstić information content (AvgIpc) is 2.82. The second kappa shape index (κ2) is 5.29. The Morgan fingerprint density at radius 2 is 2.29 bits per heavy atom. The van der Waals surface area contributed by atoms with Gasteiger partial charge in [0.1, 0.15) is 0 Å². The van der Waals surface area contributed by atoms with Crippen molar-refractivity contribution in [1.29, 1.82) is 0 Å². The van der Waals surface area contributed by atoms with Gasteiger partial charge < -0.3 is 16.0 Å². The van der Waals surface area contributed by atoms with Crippen molar-refractivity contribution in [2.45, 2.75) is 19.4 Å². The normalized spacial score (nSPS) is 15.0. The summed E-state index contributed by atoms with van der Waals surface area (Å²) in [5.74, 6) is 0.518. The van der Waals surface area contributed by atoms with E-state index >= 15 is 0 Å². The molecule has 92 valence electrons. The predicted octanol–water partition coefficient (Wildman–Crippen LogP) is 1.81. The molecule has 0 bridgehead atoms. The molecule has 4 nitrogen and oxygen atoms in total. The van der Waals surface area contributed by atoms with Crippen LogP contribution in [0.1, 0.15) is 24.9 Å². The van der Waals surface area contributed by atoms with Gasteiger partial charge in [-0.3, -0.25) is 0 Å². The molecule has 0 aliphatic heterocycles. The number of nitrogens with one attached hydrogen (secondary N) is 2. The van der Waals surface area contributed by atoms with Crippen molar-refractivity contribution in [1.82, 2.24) is 15.3 Å². The largest absolute Gasteiger partial charge is 0.345 e. The molecule has 1 aromatic carbocycles. The molecule has 2 unspecified atom stereocenters. The molecule has 1 aromatic heterocycles. The van der Waals surface area contributed by atoms with Crippen LogP contribution in [0.2, 0.25) is 0 Å². The van der Waals surface area contributed by atoms with Crippen LogP contribution < -0.4 is 11.1 Å². The third-order valence-electron chi connectivity index (χ3n) is 3.24. The van der Waals surface area contributed by atoms with Crippen molar-refractivity contribution in [2.24, 2.45) is 11.7 Å². The fourth-order valence-electron chi connectivity index (χ4n) is 2.09. The van der Waals surface area contributed by atoms with Crippen molar-refractivity contribution in [3.8, 4) is 0 Å². The van der Waals surface area contributed by atoms with E-state index in [-0.39, 0.29) is 0 Å². The van der Waals surface area contributed by atoms with Gasteiger partial charge in [-0.1, -0.05) is 13.0 Å². The number of H-pyrrole nitrogens is 1. The summed E-state index contributed by atoms with van der Waals surface area (Å²) in [7, 11) is 1.99. The maximum absolute atomic E-state index is 5.68. The molecule has 0 saturated heterocycles. The zero-order chi connectivity index (χ0) is 12.3. The Kier molecular flexibility index (Phi) is 3.76. The lowest BCUT2D eigenvalue weighted by Crippen LogP contribution is -2.22. The van der Waals surface area contributed by atoms with Crippen molar-refractivity contribution in [2.75, 3.05) is 13.6 Å². The van der Waals surface area contributed by atoms with Crippen LogP contribution in [0, 0.1) is 5.92 Å². The van der Waals surface area contributed by atoms with Gasteiger partial charge in [-0.2, -0.15) is 0 Å². The summed E-state index contributed by atoms with van der Waals surface area (Å²) >= 11 is 0. The molecule has 4 N–H and O–H groups in total. The molecule has 2 rings (SSSR count). The van der Waals surface area contributed by atoms with Crippen LogP contribution in [-0.4, -0.2) is 23.6 Å². The Morgan fingerprint density at radius 1 is 1.47 bits per heavy atom. The summed E-state index contributed by atoms with van der Waals surface area (Å²) in [5, 5.41) is 3.35. The third kappa shape index (κ3) is 2.65. The smallest absolute Gasteiger partial charge is 0.0931 e. The highest BCUT2D eigenvalue weighted by molar-refractivity contribution is 5.75. The van der Waals surface area contributed by atoms with E-state index in [4.69, 9.17) is 5.73 Å². The first kappa shape index (κ1) is 12.1. The Labute approximate surface area is 102 Å². The number of fused-ring (bicyclic) bond motifs is 1. The van der Waals surface area contributed by atoms with Gasteiger partial charge >= 0.3 is 0 Å². The van der Waals surface area contributed by atoms with E-state index in [1.807, 2.05) is 7.05 Å². The van der Waals surface area contributed by atoms with Gasteiger partial charge in [0.25, 0.3) is 0 Å². The predicted molar refractivity (Wildman–Crippen MR) is 70.7 cm³/mol. The van der Waals surface area contributed by atoms with Crippen LogP contribution in [0.15, 0.2) is 24.5 Å². The lowest BCUT2D eigenvalue weighted by atomic mass is 9.96. The lowest BCUT2D eigenvalue weighted by Gasteiger charge is -2.20. The Balaban J connectivity index is 2.23. The third-order valence-corrected chi connectivity index (χ3v) is 3.24. The molecule has 2 atom stereocenters. The van der Waals surface area contributed by atoms with Crippen LogP contribution >= 0.6 is 0 Å². The van der Waals surface area contributed by atoms with Crippen LogP contribution in [0.5, 0.6) is 0 Å². The highest BCUT2D eigenvalue weighted by Gasteiger charge is 2.13. The zero-order valence-corrected chi connectivity index (χ0v) is 10.4. The van der Waals surface area contributed by atoms with Gasteiger partial charge in [-0.05, 0) is 43.6 Å². The number of hydrogen-bond acceptors (Lipinski definition) is 3.